The lowest BCUT2D eigenvalue weighted by atomic mass is 10.1. The van der Waals surface area contributed by atoms with Crippen molar-refractivity contribution in [3.63, 3.8) is 0 Å². The van der Waals surface area contributed by atoms with E-state index in [0.29, 0.717) is 27.5 Å². The van der Waals surface area contributed by atoms with Gasteiger partial charge in [-0.05, 0) is 36.6 Å². The number of rotatable bonds is 5. The topological polar surface area (TPSA) is 87.8 Å². The van der Waals surface area contributed by atoms with Crippen molar-refractivity contribution in [3.05, 3.63) is 83.0 Å². The lowest BCUT2D eigenvalue weighted by Crippen LogP contribution is -2.22. The molecule has 0 aliphatic carbocycles. The highest BCUT2D eigenvalue weighted by atomic mass is 32.1. The first kappa shape index (κ1) is 18.6. The van der Waals surface area contributed by atoms with E-state index in [2.05, 4.69) is 10.1 Å². The number of fused-ring (bicyclic) bond motifs is 1. The third kappa shape index (κ3) is 3.41. The highest BCUT2D eigenvalue weighted by molar-refractivity contribution is 7.12. The van der Waals surface area contributed by atoms with E-state index < -0.39 is 6.09 Å². The lowest BCUT2D eigenvalue weighted by Gasteiger charge is -2.15. The number of carbonyl (C=O) groups is 2. The van der Waals surface area contributed by atoms with Crippen LogP contribution in [0.5, 0.6) is 0 Å². The molecule has 1 amide bonds. The van der Waals surface area contributed by atoms with Crippen LogP contribution in [0.1, 0.15) is 22.2 Å². The Morgan fingerprint density at radius 3 is 2.79 bits per heavy atom. The zero-order valence-electron chi connectivity index (χ0n) is 15.4. The second-order valence-corrected chi connectivity index (χ2v) is 7.06. The number of carboxylic acid groups (broad SMARTS) is 1. The number of aromatic nitrogens is 3. The van der Waals surface area contributed by atoms with Gasteiger partial charge in [-0.15, -0.1) is 11.3 Å². The molecule has 0 saturated carbocycles. The first-order chi connectivity index (χ1) is 14.1. The van der Waals surface area contributed by atoms with Gasteiger partial charge in [-0.25, -0.2) is 14.3 Å². The fourth-order valence-electron chi connectivity index (χ4n) is 3.04. The van der Waals surface area contributed by atoms with Crippen LogP contribution in [0.3, 0.4) is 0 Å². The molecule has 0 radical (unpaired) electrons. The van der Waals surface area contributed by atoms with Crippen LogP contribution < -0.4 is 4.90 Å². The molecule has 0 spiro atoms. The molecule has 29 heavy (non-hydrogen) atoms. The Balaban J connectivity index is 1.81. The number of anilines is 1. The highest BCUT2D eigenvalue weighted by Crippen LogP contribution is 2.27. The van der Waals surface area contributed by atoms with E-state index in [0.717, 1.165) is 10.5 Å². The molecule has 0 atom stereocenters. The molecule has 0 aliphatic rings. The summed E-state index contributed by atoms with van der Waals surface area (Å²) in [6.45, 7) is 1.75. The van der Waals surface area contributed by atoms with Crippen molar-refractivity contribution < 1.29 is 14.7 Å². The average molecular weight is 404 g/mol. The minimum Gasteiger partial charge on any atom is -0.464 e. The van der Waals surface area contributed by atoms with Crippen LogP contribution in [0.15, 0.2) is 72.5 Å². The molecular weight excluding hydrogens is 388 g/mol. The van der Waals surface area contributed by atoms with Crippen LogP contribution in [0, 0.1) is 0 Å². The first-order valence-corrected chi connectivity index (χ1v) is 9.64. The minimum absolute atomic E-state index is 0.126. The van der Waals surface area contributed by atoms with Crippen LogP contribution in [0.2, 0.25) is 0 Å². The smallest absolute Gasteiger partial charge is 0.415 e. The molecule has 1 N–H and O–H groups in total. The van der Waals surface area contributed by atoms with Gasteiger partial charge in [-0.2, -0.15) is 5.10 Å². The molecule has 7 nitrogen and oxygen atoms in total. The zero-order valence-corrected chi connectivity index (χ0v) is 16.2. The van der Waals surface area contributed by atoms with E-state index in [-0.39, 0.29) is 5.78 Å². The van der Waals surface area contributed by atoms with Crippen molar-refractivity contribution in [1.82, 2.24) is 14.6 Å². The normalized spacial score (nSPS) is 11.2. The first-order valence-electron chi connectivity index (χ1n) is 8.76. The standard InChI is InChI=1S/C21H16N4O3S/c1-2-10-24(21(27)28)15-6-3-5-14(12-15)17-8-9-22-20-16(13-23-25(17)20)19(26)18-7-4-11-29-18/h2-13H,1H3,(H,27,28). The van der Waals surface area contributed by atoms with Crippen LogP contribution in [0.4, 0.5) is 10.5 Å². The summed E-state index contributed by atoms with van der Waals surface area (Å²) in [4.78, 5) is 30.4. The molecule has 1 aromatic carbocycles. The fraction of sp³-hybridized carbons (Fsp3) is 0.0476. The minimum atomic E-state index is -1.08. The van der Waals surface area contributed by atoms with Crippen LogP contribution in [0.25, 0.3) is 16.9 Å². The SMILES string of the molecule is CC=CN(C(=O)O)c1cccc(-c2ccnc3c(C(=O)c4cccs4)cnn23)c1. The highest BCUT2D eigenvalue weighted by Gasteiger charge is 2.19. The van der Waals surface area contributed by atoms with Gasteiger partial charge in [-0.3, -0.25) is 9.69 Å². The number of nitrogens with zero attached hydrogens (tertiary/aromatic N) is 4. The maximum atomic E-state index is 12.8. The molecule has 0 fully saturated rings. The summed E-state index contributed by atoms with van der Waals surface area (Å²) >= 11 is 1.37. The second-order valence-electron chi connectivity index (χ2n) is 6.12. The number of benzene rings is 1. The largest absolute Gasteiger partial charge is 0.464 e. The van der Waals surface area contributed by atoms with Gasteiger partial charge in [0.05, 0.1) is 28.0 Å². The number of amides is 1. The summed E-state index contributed by atoms with van der Waals surface area (Å²) in [5.41, 5.74) is 2.83. The van der Waals surface area contributed by atoms with Gasteiger partial charge in [0.25, 0.3) is 0 Å². The van der Waals surface area contributed by atoms with E-state index in [1.807, 2.05) is 17.5 Å². The third-order valence-electron chi connectivity index (χ3n) is 4.32. The summed E-state index contributed by atoms with van der Waals surface area (Å²) in [5, 5.41) is 15.7. The molecular formula is C21H16N4O3S. The maximum absolute atomic E-state index is 12.8. The molecule has 3 heterocycles. The van der Waals surface area contributed by atoms with Gasteiger partial charge in [0.2, 0.25) is 5.78 Å². The van der Waals surface area contributed by atoms with Crippen molar-refractivity contribution in [3.8, 4) is 11.3 Å². The summed E-state index contributed by atoms with van der Waals surface area (Å²) in [6.07, 6.45) is 5.19. The molecule has 0 aliphatic heterocycles. The number of ketones is 1. The predicted molar refractivity (Wildman–Crippen MR) is 111 cm³/mol. The van der Waals surface area contributed by atoms with Crippen molar-refractivity contribution in [1.29, 1.82) is 0 Å². The van der Waals surface area contributed by atoms with Crippen LogP contribution in [-0.4, -0.2) is 31.6 Å². The van der Waals surface area contributed by atoms with Gasteiger partial charge in [0, 0.05) is 18.0 Å². The summed E-state index contributed by atoms with van der Waals surface area (Å²) in [6, 6.07) is 12.5. The van der Waals surface area contributed by atoms with Gasteiger partial charge in [0.1, 0.15) is 0 Å². The quantitative estimate of drug-likeness (QED) is 0.487. The Morgan fingerprint density at radius 2 is 2.07 bits per heavy atom. The maximum Gasteiger partial charge on any atom is 0.415 e. The molecule has 3 aromatic heterocycles. The molecule has 144 valence electrons. The molecule has 0 saturated heterocycles. The third-order valence-corrected chi connectivity index (χ3v) is 5.18. The summed E-state index contributed by atoms with van der Waals surface area (Å²) in [7, 11) is 0. The number of carbonyl (C=O) groups excluding carboxylic acids is 1. The van der Waals surface area contributed by atoms with Gasteiger partial charge in [0.15, 0.2) is 5.65 Å². The van der Waals surface area contributed by atoms with Gasteiger partial charge >= 0.3 is 6.09 Å². The molecule has 0 unspecified atom stereocenters. The van der Waals surface area contributed by atoms with Crippen molar-refractivity contribution in [2.75, 3.05) is 4.90 Å². The Labute approximate surface area is 170 Å². The Kier molecular flexibility index (Phi) is 4.92. The number of hydrogen-bond donors (Lipinski definition) is 1. The predicted octanol–water partition coefficient (Wildman–Crippen LogP) is 4.71. The van der Waals surface area contributed by atoms with Crippen molar-refractivity contribution in [2.45, 2.75) is 6.92 Å². The zero-order chi connectivity index (χ0) is 20.4. The fourth-order valence-corrected chi connectivity index (χ4v) is 3.71. The average Bonchev–Trinajstić information content (AvgIpc) is 3.41. The van der Waals surface area contributed by atoms with Crippen molar-refractivity contribution >= 4 is 34.5 Å². The van der Waals surface area contributed by atoms with Crippen LogP contribution in [-0.2, 0) is 0 Å². The lowest BCUT2D eigenvalue weighted by molar-refractivity contribution is 0.104. The molecule has 8 heteroatoms. The van der Waals surface area contributed by atoms with E-state index in [4.69, 9.17) is 0 Å². The Hall–Kier alpha value is -3.78. The number of thiophene rings is 1. The van der Waals surface area contributed by atoms with Gasteiger partial charge in [-0.1, -0.05) is 24.3 Å². The monoisotopic (exact) mass is 404 g/mol. The van der Waals surface area contributed by atoms with Gasteiger partial charge < -0.3 is 5.11 Å². The van der Waals surface area contributed by atoms with E-state index >= 15 is 0 Å². The molecule has 0 bridgehead atoms. The molecule has 4 aromatic rings. The summed E-state index contributed by atoms with van der Waals surface area (Å²) in [5.74, 6) is -0.126. The van der Waals surface area contributed by atoms with E-state index in [1.165, 1.54) is 23.7 Å². The Bertz CT molecular complexity index is 1230. The number of allylic oxidation sites excluding steroid dienone is 1. The van der Waals surface area contributed by atoms with Crippen LogP contribution >= 0.6 is 11.3 Å². The van der Waals surface area contributed by atoms with E-state index in [1.54, 1.807) is 54.0 Å². The number of hydrogen-bond acceptors (Lipinski definition) is 5. The summed E-state index contributed by atoms with van der Waals surface area (Å²) < 4.78 is 1.60. The Morgan fingerprint density at radius 1 is 1.21 bits per heavy atom. The van der Waals surface area contributed by atoms with Crippen molar-refractivity contribution in [2.24, 2.45) is 0 Å². The second kappa shape index (κ2) is 7.69. The van der Waals surface area contributed by atoms with E-state index in [9.17, 15) is 14.7 Å². The molecule has 4 rings (SSSR count).